The van der Waals surface area contributed by atoms with Gasteiger partial charge in [-0.05, 0) is 40.8 Å². The Hall–Kier alpha value is -0.940. The van der Waals surface area contributed by atoms with E-state index in [1.807, 2.05) is 18.7 Å². The monoisotopic (exact) mass is 281 g/mol. The predicted octanol–water partition coefficient (Wildman–Crippen LogP) is 2.32. The van der Waals surface area contributed by atoms with Crippen LogP contribution in [-0.4, -0.2) is 53.9 Å². The Kier molecular flexibility index (Phi) is 4.58. The molecule has 0 radical (unpaired) electrons. The predicted molar refractivity (Wildman–Crippen MR) is 78.8 cm³/mol. The normalized spacial score (nSPS) is 20.7. The highest BCUT2D eigenvalue weighted by atomic mass is 32.1. The molecule has 0 aliphatic carbocycles. The van der Waals surface area contributed by atoms with Gasteiger partial charge in [-0.1, -0.05) is 6.42 Å². The fourth-order valence-corrected chi connectivity index (χ4v) is 3.49. The van der Waals surface area contributed by atoms with E-state index >= 15 is 0 Å². The van der Waals surface area contributed by atoms with Crippen LogP contribution >= 0.6 is 11.3 Å². The Labute approximate surface area is 119 Å². The van der Waals surface area contributed by atoms with Crippen LogP contribution in [0.5, 0.6) is 0 Å². The van der Waals surface area contributed by atoms with E-state index in [0.717, 1.165) is 35.1 Å². The number of likely N-dealkylation sites (tertiary alicyclic amines) is 1. The number of carbonyl (C=O) groups excluding carboxylic acids is 1. The molecule has 4 nitrogen and oxygen atoms in total. The summed E-state index contributed by atoms with van der Waals surface area (Å²) >= 11 is 1.52. The molecule has 0 N–H and O–H groups in total. The maximum absolute atomic E-state index is 12.6. The van der Waals surface area contributed by atoms with Gasteiger partial charge in [0.25, 0.3) is 5.91 Å². The van der Waals surface area contributed by atoms with Gasteiger partial charge in [0.05, 0.1) is 10.7 Å². The van der Waals surface area contributed by atoms with Gasteiger partial charge in [-0.15, -0.1) is 11.3 Å². The van der Waals surface area contributed by atoms with E-state index < -0.39 is 0 Å². The van der Waals surface area contributed by atoms with Crippen LogP contribution in [0.25, 0.3) is 0 Å². The van der Waals surface area contributed by atoms with Crippen LogP contribution in [0.15, 0.2) is 0 Å². The highest BCUT2D eigenvalue weighted by Crippen LogP contribution is 2.22. The minimum absolute atomic E-state index is 0.164. The van der Waals surface area contributed by atoms with Crippen LogP contribution in [0.3, 0.4) is 0 Å². The second-order valence-corrected chi connectivity index (χ2v) is 6.71. The van der Waals surface area contributed by atoms with E-state index in [9.17, 15) is 4.79 Å². The molecular formula is C14H23N3OS. The summed E-state index contributed by atoms with van der Waals surface area (Å²) in [6.45, 7) is 5.60. The molecule has 1 aromatic rings. The topological polar surface area (TPSA) is 36.4 Å². The smallest absolute Gasteiger partial charge is 0.265 e. The second-order valence-electron chi connectivity index (χ2n) is 5.51. The number of amides is 1. The van der Waals surface area contributed by atoms with Crippen LogP contribution < -0.4 is 0 Å². The zero-order valence-corrected chi connectivity index (χ0v) is 13.1. The van der Waals surface area contributed by atoms with E-state index in [2.05, 4.69) is 24.0 Å². The third kappa shape index (κ3) is 3.34. The lowest BCUT2D eigenvalue weighted by molar-refractivity contribution is 0.0729. The van der Waals surface area contributed by atoms with E-state index in [4.69, 9.17) is 0 Å². The number of rotatable bonds is 2. The van der Waals surface area contributed by atoms with Crippen molar-refractivity contribution in [2.75, 3.05) is 27.2 Å². The molecule has 2 rings (SSSR count). The lowest BCUT2D eigenvalue weighted by Crippen LogP contribution is -2.41. The van der Waals surface area contributed by atoms with Crippen molar-refractivity contribution in [1.29, 1.82) is 0 Å². The summed E-state index contributed by atoms with van der Waals surface area (Å²) in [5.74, 6) is 0.164. The molecule has 5 heteroatoms. The number of hydrogen-bond acceptors (Lipinski definition) is 4. The van der Waals surface area contributed by atoms with Gasteiger partial charge >= 0.3 is 0 Å². The number of nitrogens with zero attached hydrogens (tertiary/aromatic N) is 3. The quantitative estimate of drug-likeness (QED) is 0.834. The van der Waals surface area contributed by atoms with Crippen molar-refractivity contribution in [2.24, 2.45) is 0 Å². The zero-order chi connectivity index (χ0) is 14.0. The van der Waals surface area contributed by atoms with Gasteiger partial charge in [-0.25, -0.2) is 4.98 Å². The molecule has 0 aromatic carbocycles. The van der Waals surface area contributed by atoms with Gasteiger partial charge in [-0.2, -0.15) is 0 Å². The third-order valence-electron chi connectivity index (χ3n) is 3.76. The minimum Gasteiger partial charge on any atom is -0.336 e. The second kappa shape index (κ2) is 6.01. The van der Waals surface area contributed by atoms with Gasteiger partial charge in [0.2, 0.25) is 0 Å². The fourth-order valence-electron chi connectivity index (χ4n) is 2.60. The van der Waals surface area contributed by atoms with Crippen molar-refractivity contribution in [2.45, 2.75) is 39.2 Å². The molecule has 0 bridgehead atoms. The number of carbonyl (C=O) groups is 1. The Morgan fingerprint density at radius 2 is 2.11 bits per heavy atom. The molecule has 1 saturated heterocycles. The number of hydrogen-bond donors (Lipinski definition) is 0. The maximum atomic E-state index is 12.6. The molecule has 0 spiro atoms. The summed E-state index contributed by atoms with van der Waals surface area (Å²) in [7, 11) is 4.20. The zero-order valence-electron chi connectivity index (χ0n) is 12.3. The van der Waals surface area contributed by atoms with E-state index in [1.54, 1.807) is 0 Å². The van der Waals surface area contributed by atoms with Gasteiger partial charge in [0.1, 0.15) is 4.88 Å². The number of aromatic nitrogens is 1. The third-order valence-corrected chi connectivity index (χ3v) is 4.82. The molecule has 1 fully saturated rings. The van der Waals surface area contributed by atoms with Crippen LogP contribution in [-0.2, 0) is 0 Å². The van der Waals surface area contributed by atoms with Gasteiger partial charge in [0, 0.05) is 19.1 Å². The van der Waals surface area contributed by atoms with Gasteiger partial charge in [-0.3, -0.25) is 4.79 Å². The van der Waals surface area contributed by atoms with Gasteiger partial charge < -0.3 is 9.80 Å². The molecule has 0 saturated carbocycles. The molecule has 1 aromatic heterocycles. The summed E-state index contributed by atoms with van der Waals surface area (Å²) in [6, 6.07) is 0.473. The molecule has 106 valence electrons. The average Bonchev–Trinajstić information content (AvgIpc) is 2.57. The standard InChI is InChI=1S/C14H23N3OS/c1-10-13(19-11(2)15-10)14(18)17-8-6-5-7-12(9-17)16(3)4/h12H,5-9H2,1-4H3/t12-/m0/s1. The molecule has 1 aliphatic rings. The largest absolute Gasteiger partial charge is 0.336 e. The summed E-state index contributed by atoms with van der Waals surface area (Å²) in [4.78, 5) is 22.1. The molecule has 1 atom stereocenters. The molecule has 2 heterocycles. The maximum Gasteiger partial charge on any atom is 0.265 e. The molecular weight excluding hydrogens is 258 g/mol. The van der Waals surface area contributed by atoms with Crippen molar-refractivity contribution < 1.29 is 4.79 Å². The first kappa shape index (κ1) is 14.5. The molecule has 19 heavy (non-hydrogen) atoms. The SMILES string of the molecule is Cc1nc(C)c(C(=O)N2CCCC[C@H](N(C)C)C2)s1. The van der Waals surface area contributed by atoms with Crippen molar-refractivity contribution in [3.63, 3.8) is 0 Å². The molecule has 1 aliphatic heterocycles. The van der Waals surface area contributed by atoms with Gasteiger partial charge in [0.15, 0.2) is 0 Å². The van der Waals surface area contributed by atoms with E-state index in [-0.39, 0.29) is 5.91 Å². The Bertz CT molecular complexity index is 456. The van der Waals surface area contributed by atoms with Crippen molar-refractivity contribution in [1.82, 2.24) is 14.8 Å². The minimum atomic E-state index is 0.164. The van der Waals surface area contributed by atoms with Crippen molar-refractivity contribution in [3.8, 4) is 0 Å². The number of likely N-dealkylation sites (N-methyl/N-ethyl adjacent to an activating group) is 1. The highest BCUT2D eigenvalue weighted by Gasteiger charge is 2.26. The first-order chi connectivity index (χ1) is 8.99. The van der Waals surface area contributed by atoms with Crippen LogP contribution in [0, 0.1) is 13.8 Å². The summed E-state index contributed by atoms with van der Waals surface area (Å²) in [5.41, 5.74) is 0.873. The number of aryl methyl sites for hydroxylation is 2. The molecule has 0 unspecified atom stereocenters. The van der Waals surface area contributed by atoms with Crippen molar-refractivity contribution in [3.05, 3.63) is 15.6 Å². The summed E-state index contributed by atoms with van der Waals surface area (Å²) in [5, 5.41) is 0.972. The number of thiazole rings is 1. The van der Waals surface area contributed by atoms with Crippen LogP contribution in [0.4, 0.5) is 0 Å². The Balaban J connectivity index is 2.15. The summed E-state index contributed by atoms with van der Waals surface area (Å²) < 4.78 is 0. The lowest BCUT2D eigenvalue weighted by Gasteiger charge is -2.28. The van der Waals surface area contributed by atoms with E-state index in [0.29, 0.717) is 6.04 Å². The lowest BCUT2D eigenvalue weighted by atomic mass is 10.1. The van der Waals surface area contributed by atoms with Crippen LogP contribution in [0.2, 0.25) is 0 Å². The fraction of sp³-hybridized carbons (Fsp3) is 0.714. The van der Waals surface area contributed by atoms with Crippen molar-refractivity contribution >= 4 is 17.2 Å². The first-order valence-corrected chi connectivity index (χ1v) is 7.70. The summed E-state index contributed by atoms with van der Waals surface area (Å²) in [6.07, 6.45) is 3.48. The van der Waals surface area contributed by atoms with Crippen LogP contribution in [0.1, 0.15) is 39.6 Å². The first-order valence-electron chi connectivity index (χ1n) is 6.88. The Morgan fingerprint density at radius 3 is 2.68 bits per heavy atom. The van der Waals surface area contributed by atoms with E-state index in [1.165, 1.54) is 24.2 Å². The Morgan fingerprint density at radius 1 is 1.37 bits per heavy atom. The average molecular weight is 281 g/mol. The highest BCUT2D eigenvalue weighted by molar-refractivity contribution is 7.13. The molecule has 1 amide bonds.